The van der Waals surface area contributed by atoms with E-state index in [1.165, 1.54) is 6.07 Å². The van der Waals surface area contributed by atoms with Crippen LogP contribution < -0.4 is 5.32 Å². The highest BCUT2D eigenvalue weighted by molar-refractivity contribution is 6.01. The van der Waals surface area contributed by atoms with E-state index in [1.54, 1.807) is 36.4 Å². The van der Waals surface area contributed by atoms with Crippen molar-refractivity contribution >= 4 is 11.6 Å². The summed E-state index contributed by atoms with van der Waals surface area (Å²) in [5.74, 6) is -0.622. The summed E-state index contributed by atoms with van der Waals surface area (Å²) in [4.78, 5) is 13.4. The van der Waals surface area contributed by atoms with Gasteiger partial charge in [-0.2, -0.15) is 13.2 Å². The van der Waals surface area contributed by atoms with Crippen molar-refractivity contribution in [3.05, 3.63) is 65.2 Å². The number of rotatable bonds is 2. The van der Waals surface area contributed by atoms with E-state index >= 15 is 0 Å². The molecule has 0 fully saturated rings. The molecule has 23 heavy (non-hydrogen) atoms. The van der Waals surface area contributed by atoms with E-state index in [-0.39, 0.29) is 5.56 Å². The minimum atomic E-state index is -4.47. The van der Waals surface area contributed by atoms with Crippen LogP contribution in [0, 0.1) is 6.92 Å². The highest BCUT2D eigenvalue weighted by Crippen LogP contribution is 2.35. The standard InChI is InChI=1S/C17H15F3N2O/c1-11-5-4-6-12(9-11)15-21-14-8-3-2-7-13(14)16(23)22(15)10-17(18,19)20/h2-9,15,21H,10H2,1H3/t15-/m0/s1. The predicted octanol–water partition coefficient (Wildman–Crippen LogP) is 4.12. The van der Waals surface area contributed by atoms with Crippen LogP contribution in [0.2, 0.25) is 0 Å². The highest BCUT2D eigenvalue weighted by atomic mass is 19.4. The molecule has 1 atom stereocenters. The van der Waals surface area contributed by atoms with Gasteiger partial charge in [-0.25, -0.2) is 0 Å². The first-order valence-corrected chi connectivity index (χ1v) is 7.15. The van der Waals surface area contributed by atoms with Gasteiger partial charge in [0.05, 0.1) is 5.56 Å². The first-order valence-electron chi connectivity index (χ1n) is 7.15. The number of nitrogens with zero attached hydrogens (tertiary/aromatic N) is 1. The molecule has 3 nitrogen and oxygen atoms in total. The van der Waals surface area contributed by atoms with Gasteiger partial charge in [-0.1, -0.05) is 42.0 Å². The van der Waals surface area contributed by atoms with Gasteiger partial charge in [0.25, 0.3) is 5.91 Å². The van der Waals surface area contributed by atoms with Crippen LogP contribution in [0.25, 0.3) is 0 Å². The minimum Gasteiger partial charge on any atom is -0.361 e. The van der Waals surface area contributed by atoms with Gasteiger partial charge in [0.1, 0.15) is 12.7 Å². The van der Waals surface area contributed by atoms with Crippen LogP contribution in [0.4, 0.5) is 18.9 Å². The van der Waals surface area contributed by atoms with E-state index in [0.717, 1.165) is 10.5 Å². The molecule has 0 aliphatic carbocycles. The molecule has 0 radical (unpaired) electrons. The number of para-hydroxylation sites is 1. The van der Waals surface area contributed by atoms with Crippen LogP contribution in [-0.4, -0.2) is 23.5 Å². The number of anilines is 1. The molecule has 1 N–H and O–H groups in total. The topological polar surface area (TPSA) is 32.3 Å². The Kier molecular flexibility index (Phi) is 3.75. The summed E-state index contributed by atoms with van der Waals surface area (Å²) >= 11 is 0. The Labute approximate surface area is 131 Å². The van der Waals surface area contributed by atoms with E-state index in [1.807, 2.05) is 13.0 Å². The number of fused-ring (bicyclic) bond motifs is 1. The third kappa shape index (κ3) is 3.16. The molecule has 1 amide bonds. The maximum Gasteiger partial charge on any atom is 0.406 e. The van der Waals surface area contributed by atoms with Gasteiger partial charge in [0.2, 0.25) is 0 Å². The monoisotopic (exact) mass is 320 g/mol. The van der Waals surface area contributed by atoms with Crippen molar-refractivity contribution in [2.24, 2.45) is 0 Å². The molecule has 0 unspecified atom stereocenters. The number of aryl methyl sites for hydroxylation is 1. The fourth-order valence-corrected chi connectivity index (χ4v) is 2.75. The summed E-state index contributed by atoms with van der Waals surface area (Å²) in [7, 11) is 0. The van der Waals surface area contributed by atoms with Crippen LogP contribution in [0.5, 0.6) is 0 Å². The van der Waals surface area contributed by atoms with Crippen molar-refractivity contribution in [1.29, 1.82) is 0 Å². The molecular formula is C17H15F3N2O. The molecule has 2 aromatic carbocycles. The van der Waals surface area contributed by atoms with E-state index < -0.39 is 24.8 Å². The molecule has 0 saturated heterocycles. The average molecular weight is 320 g/mol. The number of alkyl halides is 3. The molecule has 6 heteroatoms. The van der Waals surface area contributed by atoms with E-state index in [4.69, 9.17) is 0 Å². The van der Waals surface area contributed by atoms with Crippen LogP contribution >= 0.6 is 0 Å². The van der Waals surface area contributed by atoms with Crippen molar-refractivity contribution in [1.82, 2.24) is 4.90 Å². The Balaban J connectivity index is 2.06. The van der Waals surface area contributed by atoms with Crippen molar-refractivity contribution < 1.29 is 18.0 Å². The fourth-order valence-electron chi connectivity index (χ4n) is 2.75. The molecule has 0 bridgehead atoms. The third-order valence-electron chi connectivity index (χ3n) is 3.73. The number of benzene rings is 2. The van der Waals surface area contributed by atoms with Crippen molar-refractivity contribution in [3.63, 3.8) is 0 Å². The Morgan fingerprint density at radius 1 is 1.13 bits per heavy atom. The van der Waals surface area contributed by atoms with Crippen molar-refractivity contribution in [2.45, 2.75) is 19.3 Å². The molecule has 2 aromatic rings. The number of amides is 1. The lowest BCUT2D eigenvalue weighted by Gasteiger charge is -2.38. The summed E-state index contributed by atoms with van der Waals surface area (Å²) in [6.45, 7) is 0.558. The van der Waals surface area contributed by atoms with E-state index in [9.17, 15) is 18.0 Å². The number of hydrogen-bond acceptors (Lipinski definition) is 2. The fraction of sp³-hybridized carbons (Fsp3) is 0.235. The number of carbonyl (C=O) groups is 1. The van der Waals surface area contributed by atoms with Gasteiger partial charge >= 0.3 is 6.18 Å². The average Bonchev–Trinajstić information content (AvgIpc) is 2.49. The molecule has 0 aromatic heterocycles. The lowest BCUT2D eigenvalue weighted by atomic mass is 10.0. The largest absolute Gasteiger partial charge is 0.406 e. The number of nitrogens with one attached hydrogen (secondary N) is 1. The lowest BCUT2D eigenvalue weighted by molar-refractivity contribution is -0.144. The van der Waals surface area contributed by atoms with Gasteiger partial charge in [0, 0.05) is 5.69 Å². The first kappa shape index (κ1) is 15.4. The molecule has 120 valence electrons. The predicted molar refractivity (Wildman–Crippen MR) is 81.1 cm³/mol. The molecule has 1 aliphatic heterocycles. The van der Waals surface area contributed by atoms with Gasteiger partial charge in [-0.05, 0) is 24.6 Å². The molecule has 3 rings (SSSR count). The van der Waals surface area contributed by atoms with E-state index in [0.29, 0.717) is 11.3 Å². The minimum absolute atomic E-state index is 0.251. The zero-order valence-electron chi connectivity index (χ0n) is 12.4. The third-order valence-corrected chi connectivity index (χ3v) is 3.73. The Morgan fingerprint density at radius 2 is 1.87 bits per heavy atom. The van der Waals surface area contributed by atoms with E-state index in [2.05, 4.69) is 5.32 Å². The number of carbonyl (C=O) groups excluding carboxylic acids is 1. The Hall–Kier alpha value is -2.50. The molecule has 1 heterocycles. The quantitative estimate of drug-likeness (QED) is 0.902. The maximum absolute atomic E-state index is 12.9. The number of hydrogen-bond donors (Lipinski definition) is 1. The van der Waals surface area contributed by atoms with Gasteiger partial charge in [-0.15, -0.1) is 0 Å². The second-order valence-electron chi connectivity index (χ2n) is 5.55. The summed E-state index contributed by atoms with van der Waals surface area (Å²) in [6.07, 6.45) is -5.31. The van der Waals surface area contributed by atoms with Crippen molar-refractivity contribution in [3.8, 4) is 0 Å². The second kappa shape index (κ2) is 5.61. The molecule has 1 aliphatic rings. The molecular weight excluding hydrogens is 305 g/mol. The summed E-state index contributed by atoms with van der Waals surface area (Å²) < 4.78 is 38.8. The second-order valence-corrected chi connectivity index (χ2v) is 5.55. The first-order chi connectivity index (χ1) is 10.8. The molecule has 0 saturated carbocycles. The van der Waals surface area contributed by atoms with Crippen molar-refractivity contribution in [2.75, 3.05) is 11.9 Å². The summed E-state index contributed by atoms with van der Waals surface area (Å²) in [6, 6.07) is 13.7. The van der Waals surface area contributed by atoms with Crippen LogP contribution in [0.3, 0.4) is 0 Å². The van der Waals surface area contributed by atoms with Crippen LogP contribution in [0.1, 0.15) is 27.7 Å². The van der Waals surface area contributed by atoms with Crippen LogP contribution in [0.15, 0.2) is 48.5 Å². The van der Waals surface area contributed by atoms with Gasteiger partial charge in [-0.3, -0.25) is 4.79 Å². The Bertz CT molecular complexity index is 743. The van der Waals surface area contributed by atoms with Crippen LogP contribution in [-0.2, 0) is 0 Å². The highest BCUT2D eigenvalue weighted by Gasteiger charge is 2.40. The zero-order valence-corrected chi connectivity index (χ0v) is 12.4. The molecule has 0 spiro atoms. The zero-order chi connectivity index (χ0) is 16.6. The number of halogens is 3. The lowest BCUT2D eigenvalue weighted by Crippen LogP contribution is -2.47. The maximum atomic E-state index is 12.9. The SMILES string of the molecule is Cc1cccc([C@H]2Nc3ccccc3C(=O)N2CC(F)(F)F)c1. The van der Waals surface area contributed by atoms with Gasteiger partial charge < -0.3 is 10.2 Å². The Morgan fingerprint density at radius 3 is 2.57 bits per heavy atom. The smallest absolute Gasteiger partial charge is 0.361 e. The summed E-state index contributed by atoms with van der Waals surface area (Å²) in [5.41, 5.74) is 2.34. The normalized spacial score (nSPS) is 17.7. The van der Waals surface area contributed by atoms with Gasteiger partial charge in [0.15, 0.2) is 0 Å². The summed E-state index contributed by atoms with van der Waals surface area (Å²) in [5, 5.41) is 3.05.